The minimum absolute atomic E-state index is 0.800. The van der Waals surface area contributed by atoms with E-state index in [1.807, 2.05) is 55.6 Å². The molecule has 1 N–H and O–H groups in total. The SMILES string of the molecule is Cc1ccn2nc(Nc3ccccc3)cc2n1. The topological polar surface area (TPSA) is 42.2 Å². The maximum atomic E-state index is 4.40. The molecular formula is C13H12N4. The summed E-state index contributed by atoms with van der Waals surface area (Å²) in [6.45, 7) is 1.97. The first-order chi connectivity index (χ1) is 8.31. The zero-order chi connectivity index (χ0) is 11.7. The minimum Gasteiger partial charge on any atom is -0.339 e. The van der Waals surface area contributed by atoms with Crippen molar-refractivity contribution in [3.8, 4) is 0 Å². The lowest BCUT2D eigenvalue weighted by atomic mass is 10.3. The Kier molecular flexibility index (Phi) is 2.26. The molecule has 2 heterocycles. The summed E-state index contributed by atoms with van der Waals surface area (Å²) in [6, 6.07) is 13.8. The van der Waals surface area contributed by atoms with Gasteiger partial charge in [-0.05, 0) is 25.1 Å². The van der Waals surface area contributed by atoms with Crippen molar-refractivity contribution < 1.29 is 0 Å². The van der Waals surface area contributed by atoms with Gasteiger partial charge >= 0.3 is 0 Å². The molecule has 0 saturated heterocycles. The third kappa shape index (κ3) is 1.97. The minimum atomic E-state index is 0.800. The second kappa shape index (κ2) is 3.90. The lowest BCUT2D eigenvalue weighted by Crippen LogP contribution is -1.92. The van der Waals surface area contributed by atoms with Gasteiger partial charge in [0, 0.05) is 23.6 Å². The van der Waals surface area contributed by atoms with Crippen molar-refractivity contribution in [1.29, 1.82) is 0 Å². The van der Waals surface area contributed by atoms with Gasteiger partial charge in [-0.2, -0.15) is 0 Å². The number of rotatable bonds is 2. The van der Waals surface area contributed by atoms with Crippen molar-refractivity contribution in [2.24, 2.45) is 0 Å². The largest absolute Gasteiger partial charge is 0.339 e. The highest BCUT2D eigenvalue weighted by Crippen LogP contribution is 2.15. The summed E-state index contributed by atoms with van der Waals surface area (Å²) >= 11 is 0. The van der Waals surface area contributed by atoms with E-state index in [9.17, 15) is 0 Å². The van der Waals surface area contributed by atoms with Crippen LogP contribution in [0.3, 0.4) is 0 Å². The van der Waals surface area contributed by atoms with E-state index >= 15 is 0 Å². The number of hydrogen-bond acceptors (Lipinski definition) is 3. The predicted molar refractivity (Wildman–Crippen MR) is 67.4 cm³/mol. The number of para-hydroxylation sites is 1. The molecule has 0 atom stereocenters. The molecule has 4 heteroatoms. The van der Waals surface area contributed by atoms with Crippen LogP contribution in [0.4, 0.5) is 11.5 Å². The van der Waals surface area contributed by atoms with Crippen LogP contribution in [0.15, 0.2) is 48.7 Å². The van der Waals surface area contributed by atoms with Gasteiger partial charge in [0.25, 0.3) is 0 Å². The Balaban J connectivity index is 1.96. The standard InChI is InChI=1S/C13H12N4/c1-10-7-8-17-13(14-10)9-12(16-17)15-11-5-3-2-4-6-11/h2-9H,1H3,(H,15,16). The Labute approximate surface area is 98.9 Å². The number of aromatic nitrogens is 3. The van der Waals surface area contributed by atoms with E-state index in [0.29, 0.717) is 0 Å². The summed E-state index contributed by atoms with van der Waals surface area (Å²) in [5, 5.41) is 7.63. The molecule has 1 aromatic carbocycles. The fraction of sp³-hybridized carbons (Fsp3) is 0.0769. The first-order valence-electron chi connectivity index (χ1n) is 5.46. The summed E-state index contributed by atoms with van der Waals surface area (Å²) in [6.07, 6.45) is 1.91. The summed E-state index contributed by atoms with van der Waals surface area (Å²) in [4.78, 5) is 4.40. The van der Waals surface area contributed by atoms with E-state index in [1.165, 1.54) is 0 Å². The Morgan fingerprint density at radius 3 is 2.76 bits per heavy atom. The number of anilines is 2. The van der Waals surface area contributed by atoms with Gasteiger partial charge in [0.05, 0.1) is 0 Å². The predicted octanol–water partition coefficient (Wildman–Crippen LogP) is 2.78. The van der Waals surface area contributed by atoms with Gasteiger partial charge in [-0.3, -0.25) is 0 Å². The molecule has 3 aromatic rings. The number of fused-ring (bicyclic) bond motifs is 1. The number of benzene rings is 1. The molecule has 0 fully saturated rings. The first kappa shape index (κ1) is 9.84. The highest BCUT2D eigenvalue weighted by atomic mass is 15.3. The number of nitrogens with zero attached hydrogens (tertiary/aromatic N) is 3. The molecule has 0 radical (unpaired) electrons. The molecule has 0 spiro atoms. The average molecular weight is 224 g/mol. The van der Waals surface area contributed by atoms with E-state index in [4.69, 9.17) is 0 Å². The third-order valence-electron chi connectivity index (χ3n) is 2.51. The molecule has 4 nitrogen and oxygen atoms in total. The van der Waals surface area contributed by atoms with E-state index in [2.05, 4.69) is 15.4 Å². The number of nitrogens with one attached hydrogen (secondary N) is 1. The fourth-order valence-electron chi connectivity index (χ4n) is 1.70. The van der Waals surface area contributed by atoms with Crippen LogP contribution in [0, 0.1) is 6.92 Å². The van der Waals surface area contributed by atoms with Gasteiger partial charge in [-0.25, -0.2) is 9.50 Å². The average Bonchev–Trinajstić information content (AvgIpc) is 2.71. The highest BCUT2D eigenvalue weighted by Gasteiger charge is 2.02. The van der Waals surface area contributed by atoms with Crippen molar-refractivity contribution in [2.45, 2.75) is 6.92 Å². The summed E-state index contributed by atoms with van der Waals surface area (Å²) < 4.78 is 1.76. The molecule has 0 unspecified atom stereocenters. The summed E-state index contributed by atoms with van der Waals surface area (Å²) in [7, 11) is 0. The van der Waals surface area contributed by atoms with Crippen LogP contribution in [0.2, 0.25) is 0 Å². The van der Waals surface area contributed by atoms with E-state index < -0.39 is 0 Å². The summed E-state index contributed by atoms with van der Waals surface area (Å²) in [5.74, 6) is 0.800. The molecule has 3 rings (SSSR count). The Morgan fingerprint density at radius 2 is 1.94 bits per heavy atom. The van der Waals surface area contributed by atoms with Crippen LogP contribution in [-0.2, 0) is 0 Å². The van der Waals surface area contributed by atoms with Gasteiger partial charge in [-0.15, -0.1) is 5.10 Å². The monoisotopic (exact) mass is 224 g/mol. The van der Waals surface area contributed by atoms with Crippen LogP contribution in [-0.4, -0.2) is 14.6 Å². The lowest BCUT2D eigenvalue weighted by molar-refractivity contribution is 0.933. The van der Waals surface area contributed by atoms with Gasteiger partial charge in [0.15, 0.2) is 11.5 Å². The Bertz CT molecular complexity index is 643. The highest BCUT2D eigenvalue weighted by molar-refractivity contribution is 5.60. The lowest BCUT2D eigenvalue weighted by Gasteiger charge is -2.00. The molecule has 0 aliphatic heterocycles. The van der Waals surface area contributed by atoms with E-state index in [1.54, 1.807) is 4.52 Å². The molecule has 0 aliphatic rings. The van der Waals surface area contributed by atoms with E-state index in [0.717, 1.165) is 22.8 Å². The molecule has 17 heavy (non-hydrogen) atoms. The number of hydrogen-bond donors (Lipinski definition) is 1. The number of aryl methyl sites for hydroxylation is 1. The van der Waals surface area contributed by atoms with Crippen molar-refractivity contribution >= 4 is 17.2 Å². The van der Waals surface area contributed by atoms with E-state index in [-0.39, 0.29) is 0 Å². The van der Waals surface area contributed by atoms with Crippen molar-refractivity contribution in [3.63, 3.8) is 0 Å². The van der Waals surface area contributed by atoms with Crippen LogP contribution in [0.25, 0.3) is 5.65 Å². The van der Waals surface area contributed by atoms with Crippen molar-refractivity contribution in [2.75, 3.05) is 5.32 Å². The van der Waals surface area contributed by atoms with Crippen molar-refractivity contribution in [1.82, 2.24) is 14.6 Å². The normalized spacial score (nSPS) is 10.6. The molecule has 0 saturated carbocycles. The maximum absolute atomic E-state index is 4.40. The van der Waals surface area contributed by atoms with Crippen molar-refractivity contribution in [3.05, 3.63) is 54.4 Å². The molecule has 0 bridgehead atoms. The second-order valence-electron chi connectivity index (χ2n) is 3.89. The van der Waals surface area contributed by atoms with Gasteiger partial charge < -0.3 is 5.32 Å². The maximum Gasteiger partial charge on any atom is 0.157 e. The van der Waals surface area contributed by atoms with Crippen LogP contribution in [0.1, 0.15) is 5.69 Å². The second-order valence-corrected chi connectivity index (χ2v) is 3.89. The van der Waals surface area contributed by atoms with Gasteiger partial charge in [-0.1, -0.05) is 18.2 Å². The zero-order valence-electron chi connectivity index (χ0n) is 9.46. The Morgan fingerprint density at radius 1 is 1.12 bits per heavy atom. The molecule has 2 aromatic heterocycles. The first-order valence-corrected chi connectivity index (χ1v) is 5.46. The smallest absolute Gasteiger partial charge is 0.157 e. The molecule has 0 aliphatic carbocycles. The molecule has 0 amide bonds. The quantitative estimate of drug-likeness (QED) is 0.727. The van der Waals surface area contributed by atoms with Crippen LogP contribution >= 0.6 is 0 Å². The fourth-order valence-corrected chi connectivity index (χ4v) is 1.70. The van der Waals surface area contributed by atoms with Gasteiger partial charge in [0.2, 0.25) is 0 Å². The third-order valence-corrected chi connectivity index (χ3v) is 2.51. The van der Waals surface area contributed by atoms with Gasteiger partial charge in [0.1, 0.15) is 0 Å². The summed E-state index contributed by atoms with van der Waals surface area (Å²) in [5.41, 5.74) is 2.86. The van der Waals surface area contributed by atoms with Crippen LogP contribution in [0.5, 0.6) is 0 Å². The van der Waals surface area contributed by atoms with Crippen LogP contribution < -0.4 is 5.32 Å². The molecular weight excluding hydrogens is 212 g/mol. The Hall–Kier alpha value is -2.36. The molecule has 84 valence electrons. The zero-order valence-corrected chi connectivity index (χ0v) is 9.46.